The van der Waals surface area contributed by atoms with Gasteiger partial charge in [0.05, 0.1) is 11.6 Å². The van der Waals surface area contributed by atoms with Crippen LogP contribution in [-0.4, -0.2) is 74.6 Å². The number of aromatic hydroxyl groups is 1. The summed E-state index contributed by atoms with van der Waals surface area (Å²) < 4.78 is 15.9. The number of hydrogen-bond acceptors (Lipinski definition) is 9. The van der Waals surface area contributed by atoms with Crippen molar-refractivity contribution in [2.75, 3.05) is 14.1 Å². The molecule has 0 bridgehead atoms. The van der Waals surface area contributed by atoms with Gasteiger partial charge in [-0.1, -0.05) is 12.1 Å². The number of nitrogens with two attached hydrogens (primary N) is 1. The van der Waals surface area contributed by atoms with E-state index in [1.54, 1.807) is 32.3 Å². The fourth-order valence-electron chi connectivity index (χ4n) is 6.77. The molecule has 1 amide bonds. The lowest BCUT2D eigenvalue weighted by molar-refractivity contribution is -0.148. The third-order valence-corrected chi connectivity index (χ3v) is 8.87. The maximum Gasteiger partial charge on any atom is 0.255 e. The highest BCUT2D eigenvalue weighted by atomic mass is 19.1. The Balaban J connectivity index is 1.51. The van der Waals surface area contributed by atoms with Crippen molar-refractivity contribution in [1.82, 2.24) is 10.2 Å². The van der Waals surface area contributed by atoms with Gasteiger partial charge >= 0.3 is 0 Å². The van der Waals surface area contributed by atoms with Gasteiger partial charge < -0.3 is 31.5 Å². The van der Waals surface area contributed by atoms with Crippen molar-refractivity contribution in [3.63, 3.8) is 0 Å². The number of carbonyl (C=O) groups excluding carboxylic acids is 3. The number of rotatable bonds is 5. The van der Waals surface area contributed by atoms with Crippen LogP contribution in [0.15, 0.2) is 40.9 Å². The Kier molecular flexibility index (Phi) is 5.85. The summed E-state index contributed by atoms with van der Waals surface area (Å²) in [4.78, 5) is 40.8. The van der Waals surface area contributed by atoms with Gasteiger partial charge in [0.25, 0.3) is 5.91 Å². The molecule has 40 heavy (non-hydrogen) atoms. The molecule has 4 atom stereocenters. The molecule has 7 N–H and O–H groups in total. The third-order valence-electron chi connectivity index (χ3n) is 8.87. The summed E-state index contributed by atoms with van der Waals surface area (Å²) in [6.07, 6.45) is 1.96. The zero-order valence-corrected chi connectivity index (χ0v) is 22.0. The van der Waals surface area contributed by atoms with Gasteiger partial charge in [0, 0.05) is 40.4 Å². The van der Waals surface area contributed by atoms with Crippen LogP contribution in [0.1, 0.15) is 40.7 Å². The van der Waals surface area contributed by atoms with E-state index in [4.69, 9.17) is 5.73 Å². The van der Waals surface area contributed by atoms with E-state index in [9.17, 15) is 34.8 Å². The molecule has 6 rings (SSSR count). The summed E-state index contributed by atoms with van der Waals surface area (Å²) in [7, 11) is 3.09. The lowest BCUT2D eigenvalue weighted by atomic mass is 9.58. The molecule has 1 fully saturated rings. The zero-order valence-electron chi connectivity index (χ0n) is 22.0. The number of aliphatic hydroxyl groups excluding tert-OH is 2. The molecular formula is C29H30FN3O7. The fourth-order valence-corrected chi connectivity index (χ4v) is 6.77. The Bertz CT molecular complexity index is 1590. The molecule has 4 aliphatic rings. The van der Waals surface area contributed by atoms with E-state index in [0.717, 1.165) is 18.4 Å². The fraction of sp³-hybridized carbons (Fsp3) is 0.414. The number of phenols is 1. The molecule has 0 spiro atoms. The van der Waals surface area contributed by atoms with Crippen molar-refractivity contribution in [2.24, 2.45) is 17.6 Å². The smallest absolute Gasteiger partial charge is 0.255 e. The van der Waals surface area contributed by atoms with Crippen LogP contribution in [0.4, 0.5) is 4.39 Å². The zero-order chi connectivity index (χ0) is 28.8. The highest BCUT2D eigenvalue weighted by molar-refractivity contribution is 6.25. The number of halogens is 1. The SMILES string of the molecule is CN(C)[C@@H]1C(O)=C(C(N)=O)C(=O)[C@@]2(O)C(O)=C3C(=O)c4c(c(F)c5ccc(CNC6CC6)cc5c4O)C[C@H]3C[C@@H]12. The molecule has 0 saturated heterocycles. The normalized spacial score (nSPS) is 28.2. The Labute approximate surface area is 228 Å². The van der Waals surface area contributed by atoms with Gasteiger partial charge in [-0.3, -0.25) is 19.3 Å². The Morgan fingerprint density at radius 1 is 1.18 bits per heavy atom. The molecule has 11 heteroatoms. The number of fused-ring (bicyclic) bond motifs is 4. The molecule has 210 valence electrons. The van der Waals surface area contributed by atoms with E-state index in [1.165, 1.54) is 4.90 Å². The monoisotopic (exact) mass is 551 g/mol. The number of hydrogen-bond donors (Lipinski definition) is 6. The van der Waals surface area contributed by atoms with Crippen LogP contribution in [0, 0.1) is 17.7 Å². The predicted octanol–water partition coefficient (Wildman–Crippen LogP) is 1.66. The van der Waals surface area contributed by atoms with Crippen LogP contribution in [0.2, 0.25) is 0 Å². The molecule has 0 radical (unpaired) electrons. The van der Waals surface area contributed by atoms with Crippen LogP contribution < -0.4 is 11.1 Å². The minimum Gasteiger partial charge on any atom is -0.510 e. The number of primary amides is 1. The van der Waals surface area contributed by atoms with Crippen molar-refractivity contribution in [3.8, 4) is 5.75 Å². The Morgan fingerprint density at radius 3 is 2.50 bits per heavy atom. The van der Waals surface area contributed by atoms with Crippen LogP contribution >= 0.6 is 0 Å². The summed E-state index contributed by atoms with van der Waals surface area (Å²) in [5.74, 6) is -8.27. The summed E-state index contributed by atoms with van der Waals surface area (Å²) >= 11 is 0. The highest BCUT2D eigenvalue weighted by Gasteiger charge is 2.63. The van der Waals surface area contributed by atoms with Gasteiger partial charge in [-0.05, 0) is 57.3 Å². The Morgan fingerprint density at radius 2 is 1.88 bits per heavy atom. The topological polar surface area (TPSA) is 173 Å². The van der Waals surface area contributed by atoms with Crippen molar-refractivity contribution in [1.29, 1.82) is 0 Å². The van der Waals surface area contributed by atoms with Gasteiger partial charge in [-0.25, -0.2) is 4.39 Å². The maximum atomic E-state index is 15.9. The van der Waals surface area contributed by atoms with Crippen LogP contribution in [-0.2, 0) is 22.6 Å². The van der Waals surface area contributed by atoms with Crippen molar-refractivity contribution < 1.29 is 39.2 Å². The number of ketones is 2. The molecule has 1 saturated carbocycles. The van der Waals surface area contributed by atoms with E-state index < -0.39 is 69.6 Å². The number of amides is 1. The number of benzene rings is 2. The number of likely N-dealkylation sites (N-methyl/N-ethyl adjacent to an activating group) is 1. The van der Waals surface area contributed by atoms with E-state index >= 15 is 4.39 Å². The van der Waals surface area contributed by atoms with Gasteiger partial charge in [0.1, 0.15) is 28.7 Å². The number of Topliss-reactive ketones (excluding diaryl/α,β-unsaturated/α-hetero) is 2. The second kappa shape index (κ2) is 8.85. The van der Waals surface area contributed by atoms with Crippen molar-refractivity contribution in [2.45, 2.75) is 49.9 Å². The molecule has 0 unspecified atom stereocenters. The number of phenolic OH excluding ortho intramolecular Hbond substituents is 1. The van der Waals surface area contributed by atoms with Gasteiger partial charge in [0.15, 0.2) is 11.4 Å². The number of allylic oxidation sites excluding steroid dienone is 1. The predicted molar refractivity (Wildman–Crippen MR) is 141 cm³/mol. The van der Waals surface area contributed by atoms with Gasteiger partial charge in [-0.2, -0.15) is 0 Å². The molecule has 10 nitrogen and oxygen atoms in total. The molecular weight excluding hydrogens is 521 g/mol. The molecule has 0 heterocycles. The minimum absolute atomic E-state index is 0.0213. The molecule has 2 aromatic rings. The molecule has 2 aromatic carbocycles. The van der Waals surface area contributed by atoms with E-state index in [0.29, 0.717) is 12.6 Å². The van der Waals surface area contributed by atoms with Gasteiger partial charge in [-0.15, -0.1) is 0 Å². The van der Waals surface area contributed by atoms with E-state index in [1.807, 2.05) is 0 Å². The average Bonchev–Trinajstić information content (AvgIpc) is 3.72. The van der Waals surface area contributed by atoms with E-state index in [-0.39, 0.29) is 40.3 Å². The number of aliphatic hydroxyl groups is 3. The highest BCUT2D eigenvalue weighted by Crippen LogP contribution is 2.53. The largest absolute Gasteiger partial charge is 0.510 e. The lowest BCUT2D eigenvalue weighted by Gasteiger charge is -2.50. The van der Waals surface area contributed by atoms with Crippen LogP contribution in [0.25, 0.3) is 10.8 Å². The van der Waals surface area contributed by atoms with Crippen LogP contribution in [0.5, 0.6) is 5.75 Å². The lowest BCUT2D eigenvalue weighted by Crippen LogP contribution is -2.63. The molecule has 0 aromatic heterocycles. The Hall–Kier alpha value is -3.80. The standard InChI is InChI=1S/C29H30FN3O7/c1-33(2)22-17-9-12-8-16-19(23(34)15-7-11(10-32-13-4-5-13)3-6-14(15)21(16)30)24(35)18(12)26(37)29(17,40)27(38)20(25(22)36)28(31)39/h3,6-7,12-13,17,22,32,34,36-37,40H,4-5,8-10H2,1-2H3,(H2,31,39)/t12-,17-,22-,29-/m0/s1. The number of nitrogens with zero attached hydrogens (tertiary/aromatic N) is 1. The second-order valence-corrected chi connectivity index (χ2v) is 11.5. The van der Waals surface area contributed by atoms with Crippen molar-refractivity contribution >= 4 is 28.2 Å². The van der Waals surface area contributed by atoms with Crippen LogP contribution in [0.3, 0.4) is 0 Å². The second-order valence-electron chi connectivity index (χ2n) is 11.5. The summed E-state index contributed by atoms with van der Waals surface area (Å²) in [6.45, 7) is 0.507. The average molecular weight is 552 g/mol. The quantitative estimate of drug-likeness (QED) is 0.302. The summed E-state index contributed by atoms with van der Waals surface area (Å²) in [6, 6.07) is 4.26. The number of carbonyl (C=O) groups is 3. The van der Waals surface area contributed by atoms with Crippen molar-refractivity contribution in [3.05, 3.63) is 63.4 Å². The molecule has 4 aliphatic carbocycles. The summed E-state index contributed by atoms with van der Waals surface area (Å²) in [5.41, 5.74) is 1.85. The first-order valence-corrected chi connectivity index (χ1v) is 13.2. The van der Waals surface area contributed by atoms with E-state index in [2.05, 4.69) is 5.32 Å². The molecule has 0 aliphatic heterocycles. The number of nitrogens with one attached hydrogen (secondary N) is 1. The maximum absolute atomic E-state index is 15.9. The third kappa shape index (κ3) is 3.54. The first-order valence-electron chi connectivity index (χ1n) is 13.2. The first-order chi connectivity index (χ1) is 18.9. The van der Waals surface area contributed by atoms with Gasteiger partial charge in [0.2, 0.25) is 5.78 Å². The minimum atomic E-state index is -2.74. The first kappa shape index (κ1) is 26.4. The summed E-state index contributed by atoms with van der Waals surface area (Å²) in [5, 5.41) is 48.8.